The van der Waals surface area contributed by atoms with Crippen LogP contribution in [0.3, 0.4) is 0 Å². The van der Waals surface area contributed by atoms with Gasteiger partial charge in [-0.1, -0.05) is 0 Å². The molecule has 1 saturated heterocycles. The fourth-order valence-electron chi connectivity index (χ4n) is 2.33. The van der Waals surface area contributed by atoms with Gasteiger partial charge in [-0.2, -0.15) is 4.98 Å². The highest BCUT2D eigenvalue weighted by atomic mass is 35.5. The van der Waals surface area contributed by atoms with E-state index in [1.165, 1.54) is 0 Å². The third kappa shape index (κ3) is 4.73. The van der Waals surface area contributed by atoms with E-state index in [9.17, 15) is 4.79 Å². The molecule has 0 radical (unpaired) electrons. The van der Waals surface area contributed by atoms with Crippen LogP contribution >= 0.6 is 11.6 Å². The third-order valence-corrected chi connectivity index (χ3v) is 3.40. The number of ether oxygens (including phenoxy) is 2. The van der Waals surface area contributed by atoms with Crippen LogP contribution < -0.4 is 4.74 Å². The van der Waals surface area contributed by atoms with Crippen molar-refractivity contribution >= 4 is 17.7 Å². The SMILES string of the molecule is Cc1cc(OC[C@H]2CCCN2C(=O)OC(C)(C)C)nc(Cl)n1. The van der Waals surface area contributed by atoms with Crippen LogP contribution in [0.25, 0.3) is 0 Å². The number of aryl methyl sites for hydroxylation is 1. The molecule has 1 atom stereocenters. The smallest absolute Gasteiger partial charge is 0.410 e. The summed E-state index contributed by atoms with van der Waals surface area (Å²) in [5.41, 5.74) is 0.243. The summed E-state index contributed by atoms with van der Waals surface area (Å²) < 4.78 is 11.1. The van der Waals surface area contributed by atoms with Crippen LogP contribution in [-0.4, -0.2) is 45.8 Å². The lowest BCUT2D eigenvalue weighted by atomic mass is 10.2. The Morgan fingerprint density at radius 2 is 2.18 bits per heavy atom. The summed E-state index contributed by atoms with van der Waals surface area (Å²) in [4.78, 5) is 21.9. The summed E-state index contributed by atoms with van der Waals surface area (Å²) >= 11 is 5.81. The normalized spacial score (nSPS) is 18.4. The minimum absolute atomic E-state index is 0.0103. The highest BCUT2D eigenvalue weighted by molar-refractivity contribution is 6.28. The number of aromatic nitrogens is 2. The quantitative estimate of drug-likeness (QED) is 0.797. The molecule has 7 heteroatoms. The number of nitrogens with zero attached hydrogens (tertiary/aromatic N) is 3. The van der Waals surface area contributed by atoms with Crippen LogP contribution in [0.2, 0.25) is 5.28 Å². The predicted octanol–water partition coefficient (Wildman–Crippen LogP) is 3.22. The van der Waals surface area contributed by atoms with Gasteiger partial charge >= 0.3 is 6.09 Å². The van der Waals surface area contributed by atoms with Crippen LogP contribution in [0.15, 0.2) is 6.07 Å². The molecule has 0 aromatic carbocycles. The van der Waals surface area contributed by atoms with Gasteiger partial charge in [0, 0.05) is 18.3 Å². The van der Waals surface area contributed by atoms with Gasteiger partial charge in [-0.3, -0.25) is 0 Å². The summed E-state index contributed by atoms with van der Waals surface area (Å²) in [6, 6.07) is 1.71. The molecule has 2 rings (SSSR count). The van der Waals surface area contributed by atoms with Crippen LogP contribution in [0.5, 0.6) is 5.88 Å². The number of likely N-dealkylation sites (tertiary alicyclic amines) is 1. The molecule has 0 bridgehead atoms. The van der Waals surface area contributed by atoms with Crippen LogP contribution in [0, 0.1) is 6.92 Å². The van der Waals surface area contributed by atoms with E-state index < -0.39 is 5.60 Å². The zero-order valence-electron chi connectivity index (χ0n) is 13.4. The zero-order valence-corrected chi connectivity index (χ0v) is 14.2. The topological polar surface area (TPSA) is 64.5 Å². The zero-order chi connectivity index (χ0) is 16.3. The Balaban J connectivity index is 1.95. The van der Waals surface area contributed by atoms with E-state index in [1.807, 2.05) is 27.7 Å². The van der Waals surface area contributed by atoms with Gasteiger partial charge in [-0.15, -0.1) is 0 Å². The van der Waals surface area contributed by atoms with Gasteiger partial charge < -0.3 is 14.4 Å². The lowest BCUT2D eigenvalue weighted by molar-refractivity contribution is 0.0185. The van der Waals surface area contributed by atoms with E-state index >= 15 is 0 Å². The summed E-state index contributed by atoms with van der Waals surface area (Å²) in [5.74, 6) is 0.425. The number of carbonyl (C=O) groups is 1. The molecular weight excluding hydrogens is 306 g/mol. The van der Waals surface area contributed by atoms with Crippen LogP contribution in [-0.2, 0) is 4.74 Å². The highest BCUT2D eigenvalue weighted by Gasteiger charge is 2.32. The molecule has 0 aliphatic carbocycles. The van der Waals surface area contributed by atoms with Gasteiger partial charge in [0.25, 0.3) is 0 Å². The molecule has 1 aliphatic rings. The molecule has 2 heterocycles. The van der Waals surface area contributed by atoms with E-state index in [4.69, 9.17) is 21.1 Å². The van der Waals surface area contributed by atoms with Gasteiger partial charge in [0.2, 0.25) is 11.2 Å². The molecule has 0 N–H and O–H groups in total. The Bertz CT molecular complexity index is 525. The van der Waals surface area contributed by atoms with E-state index in [-0.39, 0.29) is 17.4 Å². The Morgan fingerprint density at radius 3 is 2.82 bits per heavy atom. The van der Waals surface area contributed by atoms with Crippen molar-refractivity contribution in [3.05, 3.63) is 17.0 Å². The first-order valence-electron chi connectivity index (χ1n) is 7.38. The standard InChI is InChI=1S/C15H22ClN3O3/c1-10-8-12(18-13(16)17-10)21-9-11-6-5-7-19(11)14(20)22-15(2,3)4/h8,11H,5-7,9H2,1-4H3/t11-/m1/s1. The molecule has 1 aromatic rings. The largest absolute Gasteiger partial charge is 0.475 e. The van der Waals surface area contributed by atoms with Gasteiger partial charge in [0.1, 0.15) is 12.2 Å². The van der Waals surface area contributed by atoms with Gasteiger partial charge in [0.05, 0.1) is 6.04 Å². The van der Waals surface area contributed by atoms with Crippen molar-refractivity contribution in [2.45, 2.75) is 52.2 Å². The second kappa shape index (κ2) is 6.69. The maximum Gasteiger partial charge on any atom is 0.410 e. The molecule has 1 fully saturated rings. The number of carbonyl (C=O) groups excluding carboxylic acids is 1. The van der Waals surface area contributed by atoms with Gasteiger partial charge in [-0.25, -0.2) is 9.78 Å². The van der Waals surface area contributed by atoms with E-state index in [0.717, 1.165) is 18.5 Å². The van der Waals surface area contributed by atoms with Crippen molar-refractivity contribution in [3.63, 3.8) is 0 Å². The fourth-order valence-corrected chi connectivity index (χ4v) is 2.55. The fraction of sp³-hybridized carbons (Fsp3) is 0.667. The average Bonchev–Trinajstić information content (AvgIpc) is 2.81. The first kappa shape index (κ1) is 16.8. The van der Waals surface area contributed by atoms with Crippen LogP contribution in [0.4, 0.5) is 4.79 Å². The summed E-state index contributed by atoms with van der Waals surface area (Å²) in [6.45, 7) is 8.45. The number of halogens is 1. The molecule has 22 heavy (non-hydrogen) atoms. The number of rotatable bonds is 3. The van der Waals surface area contributed by atoms with E-state index in [1.54, 1.807) is 11.0 Å². The number of amides is 1. The minimum Gasteiger partial charge on any atom is -0.475 e. The van der Waals surface area contributed by atoms with Crippen molar-refractivity contribution in [1.82, 2.24) is 14.9 Å². The van der Waals surface area contributed by atoms with Crippen molar-refractivity contribution in [2.75, 3.05) is 13.2 Å². The first-order valence-corrected chi connectivity index (χ1v) is 7.76. The molecule has 122 valence electrons. The van der Waals surface area contributed by atoms with E-state index in [0.29, 0.717) is 19.0 Å². The Kier molecular flexibility index (Phi) is 5.11. The molecule has 1 amide bonds. The number of hydrogen-bond acceptors (Lipinski definition) is 5. The maximum absolute atomic E-state index is 12.2. The monoisotopic (exact) mass is 327 g/mol. The number of hydrogen-bond donors (Lipinski definition) is 0. The predicted molar refractivity (Wildman–Crippen MR) is 83.2 cm³/mol. The summed E-state index contributed by atoms with van der Waals surface area (Å²) in [7, 11) is 0. The van der Waals surface area contributed by atoms with E-state index in [2.05, 4.69) is 9.97 Å². The molecular formula is C15H22ClN3O3. The molecule has 0 spiro atoms. The molecule has 1 aromatic heterocycles. The molecule has 0 unspecified atom stereocenters. The molecule has 1 aliphatic heterocycles. The van der Waals surface area contributed by atoms with Gasteiger partial charge in [-0.05, 0) is 52.1 Å². The lowest BCUT2D eigenvalue weighted by Gasteiger charge is -2.28. The van der Waals surface area contributed by atoms with Crippen molar-refractivity contribution in [2.24, 2.45) is 0 Å². The lowest BCUT2D eigenvalue weighted by Crippen LogP contribution is -2.42. The molecule has 0 saturated carbocycles. The van der Waals surface area contributed by atoms with Crippen molar-refractivity contribution in [3.8, 4) is 5.88 Å². The van der Waals surface area contributed by atoms with Crippen molar-refractivity contribution < 1.29 is 14.3 Å². The van der Waals surface area contributed by atoms with Crippen molar-refractivity contribution in [1.29, 1.82) is 0 Å². The molecule has 6 nitrogen and oxygen atoms in total. The summed E-state index contributed by atoms with van der Waals surface area (Å²) in [6.07, 6.45) is 1.53. The Hall–Kier alpha value is -1.56. The maximum atomic E-state index is 12.2. The average molecular weight is 328 g/mol. The first-order chi connectivity index (χ1) is 10.2. The highest BCUT2D eigenvalue weighted by Crippen LogP contribution is 2.22. The summed E-state index contributed by atoms with van der Waals surface area (Å²) in [5, 5.41) is 0.158. The Morgan fingerprint density at radius 1 is 1.45 bits per heavy atom. The third-order valence-electron chi connectivity index (χ3n) is 3.23. The van der Waals surface area contributed by atoms with Crippen LogP contribution in [0.1, 0.15) is 39.3 Å². The van der Waals surface area contributed by atoms with Gasteiger partial charge in [0.15, 0.2) is 0 Å². The Labute approximate surface area is 135 Å². The minimum atomic E-state index is -0.498. The second-order valence-electron chi connectivity index (χ2n) is 6.40. The second-order valence-corrected chi connectivity index (χ2v) is 6.74.